The molecule has 0 unspecified atom stereocenters. The van der Waals surface area contributed by atoms with Crippen LogP contribution >= 0.6 is 0 Å². The minimum absolute atomic E-state index is 0.298. The smallest absolute Gasteiger partial charge is 0.186 e. The van der Waals surface area contributed by atoms with Crippen molar-refractivity contribution in [3.63, 3.8) is 0 Å². The Bertz CT molecular complexity index is 847. The normalized spacial score (nSPS) is 15.4. The molecule has 4 rings (SSSR count). The van der Waals surface area contributed by atoms with Crippen LogP contribution < -0.4 is 4.74 Å². The van der Waals surface area contributed by atoms with Gasteiger partial charge in [-0.3, -0.25) is 0 Å². The third kappa shape index (κ3) is 2.40. The van der Waals surface area contributed by atoms with Crippen LogP contribution in [0.15, 0.2) is 48.7 Å². The van der Waals surface area contributed by atoms with Crippen molar-refractivity contribution in [2.75, 3.05) is 20.3 Å². The maximum Gasteiger partial charge on any atom is 0.186 e. The van der Waals surface area contributed by atoms with Gasteiger partial charge in [-0.2, -0.15) is 0 Å². The van der Waals surface area contributed by atoms with E-state index in [1.807, 2.05) is 12.1 Å². The summed E-state index contributed by atoms with van der Waals surface area (Å²) in [5.41, 5.74) is 4.46. The second-order valence-electron chi connectivity index (χ2n) is 5.70. The molecule has 0 amide bonds. The summed E-state index contributed by atoms with van der Waals surface area (Å²) in [5.74, 6) is 0.848. The topological polar surface area (TPSA) is 32.6 Å². The van der Waals surface area contributed by atoms with Crippen LogP contribution in [0.3, 0.4) is 0 Å². The number of methoxy groups -OCH3 is 1. The number of hydrogen-bond acceptors (Lipinski definition) is 3. The fourth-order valence-electron chi connectivity index (χ4n) is 3.17. The average molecular weight is 309 g/mol. The Kier molecular flexibility index (Phi) is 3.56. The van der Waals surface area contributed by atoms with Gasteiger partial charge in [0, 0.05) is 23.2 Å². The van der Waals surface area contributed by atoms with Gasteiger partial charge >= 0.3 is 0 Å². The number of hydrogen-bond donors (Lipinski definition) is 0. The number of nitrogens with zero attached hydrogens (tertiary/aromatic N) is 1. The molecule has 2 heterocycles. The van der Waals surface area contributed by atoms with Gasteiger partial charge in [-0.05, 0) is 30.7 Å². The first kappa shape index (κ1) is 14.3. The lowest BCUT2D eigenvalue weighted by molar-refractivity contribution is -0.0441. The van der Waals surface area contributed by atoms with Crippen molar-refractivity contribution in [3.05, 3.63) is 59.8 Å². The molecule has 0 radical (unpaired) electrons. The van der Waals surface area contributed by atoms with Crippen molar-refractivity contribution in [1.29, 1.82) is 0 Å². The molecule has 0 aliphatic carbocycles. The zero-order valence-corrected chi connectivity index (χ0v) is 13.3. The lowest BCUT2D eigenvalue weighted by Crippen LogP contribution is -2.07. The molecular weight excluding hydrogens is 290 g/mol. The Labute approximate surface area is 135 Å². The van der Waals surface area contributed by atoms with Crippen molar-refractivity contribution in [1.82, 2.24) is 4.57 Å². The van der Waals surface area contributed by atoms with E-state index in [1.54, 1.807) is 7.11 Å². The van der Waals surface area contributed by atoms with E-state index >= 15 is 0 Å². The third-order valence-electron chi connectivity index (χ3n) is 4.29. The molecule has 118 valence electrons. The van der Waals surface area contributed by atoms with E-state index in [0.717, 1.165) is 22.5 Å². The number of aromatic nitrogens is 1. The molecule has 2 aromatic carbocycles. The van der Waals surface area contributed by atoms with Gasteiger partial charge in [-0.15, -0.1) is 0 Å². The number of rotatable bonds is 3. The van der Waals surface area contributed by atoms with Crippen LogP contribution in [0, 0.1) is 6.92 Å². The summed E-state index contributed by atoms with van der Waals surface area (Å²) in [6, 6.07) is 14.5. The van der Waals surface area contributed by atoms with E-state index in [4.69, 9.17) is 14.2 Å². The van der Waals surface area contributed by atoms with E-state index in [9.17, 15) is 0 Å². The Morgan fingerprint density at radius 2 is 1.91 bits per heavy atom. The molecule has 1 aromatic heterocycles. The fraction of sp³-hybridized carbons (Fsp3) is 0.263. The first-order chi connectivity index (χ1) is 11.3. The van der Waals surface area contributed by atoms with Crippen molar-refractivity contribution < 1.29 is 14.2 Å². The van der Waals surface area contributed by atoms with Crippen molar-refractivity contribution in [3.8, 4) is 11.4 Å². The maximum atomic E-state index is 5.73. The molecule has 1 saturated heterocycles. The van der Waals surface area contributed by atoms with E-state index in [0.29, 0.717) is 13.2 Å². The molecule has 0 atom stereocenters. The van der Waals surface area contributed by atoms with Crippen molar-refractivity contribution in [2.45, 2.75) is 13.2 Å². The summed E-state index contributed by atoms with van der Waals surface area (Å²) in [6.45, 7) is 3.39. The minimum atomic E-state index is -0.298. The quantitative estimate of drug-likeness (QED) is 0.733. The maximum absolute atomic E-state index is 5.73. The second kappa shape index (κ2) is 5.72. The van der Waals surface area contributed by atoms with E-state index in [2.05, 4.69) is 48.0 Å². The van der Waals surface area contributed by atoms with Gasteiger partial charge in [0.1, 0.15) is 5.75 Å². The average Bonchev–Trinajstić information content (AvgIpc) is 3.23. The Morgan fingerprint density at radius 1 is 1.09 bits per heavy atom. The largest absolute Gasteiger partial charge is 0.497 e. The SMILES string of the molecule is COc1ccc2ccn(-c3c(C)cccc3C3OCCO3)c2c1. The highest BCUT2D eigenvalue weighted by Crippen LogP contribution is 2.33. The van der Waals surface area contributed by atoms with E-state index in [1.165, 1.54) is 10.9 Å². The highest BCUT2D eigenvalue weighted by Gasteiger charge is 2.23. The van der Waals surface area contributed by atoms with Crippen LogP contribution in [0.4, 0.5) is 0 Å². The van der Waals surface area contributed by atoms with Crippen LogP contribution in [0.25, 0.3) is 16.6 Å². The predicted molar refractivity (Wildman–Crippen MR) is 89.2 cm³/mol. The zero-order chi connectivity index (χ0) is 15.8. The van der Waals surface area contributed by atoms with E-state index < -0.39 is 0 Å². The van der Waals surface area contributed by atoms with Crippen LogP contribution in [-0.2, 0) is 9.47 Å². The van der Waals surface area contributed by atoms with Crippen LogP contribution in [0.5, 0.6) is 5.75 Å². The molecule has 3 aromatic rings. The molecule has 0 spiro atoms. The van der Waals surface area contributed by atoms with Gasteiger partial charge in [0.05, 0.1) is 31.5 Å². The molecular formula is C19H19NO3. The molecule has 0 saturated carbocycles. The van der Waals surface area contributed by atoms with Gasteiger partial charge in [-0.1, -0.05) is 18.2 Å². The summed E-state index contributed by atoms with van der Waals surface area (Å²) in [5, 5.41) is 1.17. The van der Waals surface area contributed by atoms with Gasteiger partial charge in [-0.25, -0.2) is 0 Å². The van der Waals surface area contributed by atoms with Crippen LogP contribution in [-0.4, -0.2) is 24.9 Å². The van der Waals surface area contributed by atoms with Gasteiger partial charge in [0.15, 0.2) is 6.29 Å². The van der Waals surface area contributed by atoms with Crippen molar-refractivity contribution in [2.24, 2.45) is 0 Å². The Balaban J connectivity index is 1.93. The predicted octanol–water partition coefficient (Wildman–Crippen LogP) is 3.99. The lowest BCUT2D eigenvalue weighted by atomic mass is 10.1. The summed E-state index contributed by atoms with van der Waals surface area (Å²) >= 11 is 0. The molecule has 1 aliphatic rings. The summed E-state index contributed by atoms with van der Waals surface area (Å²) < 4.78 is 19.0. The Morgan fingerprint density at radius 3 is 2.70 bits per heavy atom. The number of para-hydroxylation sites is 1. The molecule has 0 bridgehead atoms. The summed E-state index contributed by atoms with van der Waals surface area (Å²) in [7, 11) is 1.69. The molecule has 1 aliphatic heterocycles. The fourth-order valence-corrected chi connectivity index (χ4v) is 3.17. The molecule has 1 fully saturated rings. The summed E-state index contributed by atoms with van der Waals surface area (Å²) in [4.78, 5) is 0. The molecule has 23 heavy (non-hydrogen) atoms. The molecule has 0 N–H and O–H groups in total. The highest BCUT2D eigenvalue weighted by atomic mass is 16.7. The minimum Gasteiger partial charge on any atom is -0.497 e. The third-order valence-corrected chi connectivity index (χ3v) is 4.29. The Hall–Kier alpha value is -2.30. The zero-order valence-electron chi connectivity index (χ0n) is 13.3. The van der Waals surface area contributed by atoms with E-state index in [-0.39, 0.29) is 6.29 Å². The molecule has 4 nitrogen and oxygen atoms in total. The summed E-state index contributed by atoms with van der Waals surface area (Å²) in [6.07, 6.45) is 1.79. The van der Waals surface area contributed by atoms with Crippen LogP contribution in [0.1, 0.15) is 17.4 Å². The van der Waals surface area contributed by atoms with Gasteiger partial charge in [0.2, 0.25) is 0 Å². The number of fused-ring (bicyclic) bond motifs is 1. The van der Waals surface area contributed by atoms with Gasteiger partial charge < -0.3 is 18.8 Å². The molecule has 4 heteroatoms. The van der Waals surface area contributed by atoms with Crippen molar-refractivity contribution >= 4 is 10.9 Å². The number of ether oxygens (including phenoxy) is 3. The first-order valence-electron chi connectivity index (χ1n) is 7.76. The van der Waals surface area contributed by atoms with Crippen LogP contribution in [0.2, 0.25) is 0 Å². The monoisotopic (exact) mass is 309 g/mol. The number of aryl methyl sites for hydroxylation is 1. The highest BCUT2D eigenvalue weighted by molar-refractivity contribution is 5.84. The lowest BCUT2D eigenvalue weighted by Gasteiger charge is -2.18. The van der Waals surface area contributed by atoms with Gasteiger partial charge in [0.25, 0.3) is 0 Å². The first-order valence-corrected chi connectivity index (χ1v) is 7.76. The standard InChI is InChI=1S/C19H19NO3/c1-13-4-3-5-16(19-22-10-11-23-19)18(13)20-9-8-14-6-7-15(21-2)12-17(14)20/h3-9,12,19H,10-11H2,1-2H3. The second-order valence-corrected chi connectivity index (χ2v) is 5.70. The number of benzene rings is 2.